The molecule has 0 aliphatic rings. The molecule has 3 rings (SSSR count). The van der Waals surface area contributed by atoms with E-state index in [4.69, 9.17) is 0 Å². The van der Waals surface area contributed by atoms with Gasteiger partial charge in [0.1, 0.15) is 17.0 Å². The van der Waals surface area contributed by atoms with Crippen LogP contribution < -0.4 is 4.90 Å². The number of aliphatic hydroxyl groups excluding tert-OH is 2. The number of aliphatic hydroxyl groups is 2. The summed E-state index contributed by atoms with van der Waals surface area (Å²) in [6, 6.07) is 8.60. The van der Waals surface area contributed by atoms with E-state index in [0.717, 1.165) is 33.6 Å². The fourth-order valence-corrected chi connectivity index (χ4v) is 4.10. The molecule has 0 amide bonds. The fourth-order valence-electron chi connectivity index (χ4n) is 3.09. The number of thiophene rings is 1. The summed E-state index contributed by atoms with van der Waals surface area (Å²) in [5.74, 6) is 0.770. The second kappa shape index (κ2) is 7.91. The summed E-state index contributed by atoms with van der Waals surface area (Å²) in [7, 11) is 0. The molecular weight excluding hydrogens is 334 g/mol. The Balaban J connectivity index is 2.19. The van der Waals surface area contributed by atoms with Crippen molar-refractivity contribution >= 4 is 27.4 Å². The van der Waals surface area contributed by atoms with Gasteiger partial charge >= 0.3 is 0 Å². The number of aryl methyl sites for hydroxylation is 2. The molecule has 6 heteroatoms. The summed E-state index contributed by atoms with van der Waals surface area (Å²) in [4.78, 5) is 13.0. The van der Waals surface area contributed by atoms with E-state index in [1.165, 1.54) is 10.4 Å². The predicted octanol–water partition coefficient (Wildman–Crippen LogP) is 3.02. The third-order valence-electron chi connectivity index (χ3n) is 4.33. The monoisotopic (exact) mass is 357 g/mol. The van der Waals surface area contributed by atoms with Crippen molar-refractivity contribution in [1.82, 2.24) is 9.97 Å². The molecule has 0 aliphatic heterocycles. The molecule has 0 aliphatic carbocycles. The minimum atomic E-state index is 0.00907. The van der Waals surface area contributed by atoms with Crippen molar-refractivity contribution in [2.45, 2.75) is 20.3 Å². The van der Waals surface area contributed by atoms with Crippen LogP contribution in [0, 0.1) is 6.92 Å². The highest BCUT2D eigenvalue weighted by atomic mass is 32.1. The minimum absolute atomic E-state index is 0.00907. The quantitative estimate of drug-likeness (QED) is 0.680. The van der Waals surface area contributed by atoms with Crippen molar-refractivity contribution in [2.24, 2.45) is 0 Å². The molecule has 0 fully saturated rings. The van der Waals surface area contributed by atoms with Gasteiger partial charge in [0.25, 0.3) is 0 Å². The predicted molar refractivity (Wildman–Crippen MR) is 103 cm³/mol. The van der Waals surface area contributed by atoms with E-state index >= 15 is 0 Å². The van der Waals surface area contributed by atoms with Crippen molar-refractivity contribution in [3.8, 4) is 11.1 Å². The van der Waals surface area contributed by atoms with Crippen LogP contribution in [0.4, 0.5) is 5.82 Å². The fraction of sp³-hybridized carbons (Fsp3) is 0.368. The Kier molecular flexibility index (Phi) is 5.63. The van der Waals surface area contributed by atoms with Gasteiger partial charge in [0.05, 0.1) is 18.6 Å². The highest BCUT2D eigenvalue weighted by Gasteiger charge is 2.20. The third-order valence-corrected chi connectivity index (χ3v) is 5.35. The van der Waals surface area contributed by atoms with Crippen LogP contribution in [-0.4, -0.2) is 46.5 Å². The molecular formula is C19H23N3O2S. The van der Waals surface area contributed by atoms with Gasteiger partial charge in [-0.2, -0.15) is 0 Å². The van der Waals surface area contributed by atoms with Crippen molar-refractivity contribution in [1.29, 1.82) is 0 Å². The van der Waals surface area contributed by atoms with E-state index in [2.05, 4.69) is 48.1 Å². The van der Waals surface area contributed by atoms with Crippen molar-refractivity contribution < 1.29 is 10.2 Å². The molecule has 0 spiro atoms. The normalized spacial score (nSPS) is 11.2. The van der Waals surface area contributed by atoms with Gasteiger partial charge in [-0.3, -0.25) is 0 Å². The van der Waals surface area contributed by atoms with Crippen LogP contribution in [0.5, 0.6) is 0 Å². The largest absolute Gasteiger partial charge is 0.395 e. The lowest BCUT2D eigenvalue weighted by atomic mass is 10.0. The van der Waals surface area contributed by atoms with Gasteiger partial charge in [-0.05, 0) is 24.5 Å². The van der Waals surface area contributed by atoms with E-state index in [0.29, 0.717) is 13.1 Å². The van der Waals surface area contributed by atoms with Crippen molar-refractivity contribution in [3.05, 3.63) is 41.0 Å². The number of nitrogens with zero attached hydrogens (tertiary/aromatic N) is 3. The second-order valence-electron chi connectivity index (χ2n) is 5.90. The average Bonchev–Trinajstić information content (AvgIpc) is 2.97. The first kappa shape index (κ1) is 17.8. The summed E-state index contributed by atoms with van der Waals surface area (Å²) in [5, 5.41) is 19.8. The van der Waals surface area contributed by atoms with Gasteiger partial charge in [0.2, 0.25) is 0 Å². The Morgan fingerprint density at radius 1 is 1.04 bits per heavy atom. The van der Waals surface area contributed by atoms with Crippen LogP contribution in [0.2, 0.25) is 0 Å². The molecule has 0 atom stereocenters. The van der Waals surface area contributed by atoms with Gasteiger partial charge in [0, 0.05) is 23.5 Å². The number of hydrogen-bond acceptors (Lipinski definition) is 6. The molecule has 0 saturated heterocycles. The van der Waals surface area contributed by atoms with Gasteiger partial charge in [0.15, 0.2) is 0 Å². The number of benzene rings is 1. The smallest absolute Gasteiger partial charge is 0.141 e. The SMILES string of the molecule is CCc1ccc(-c2c(C)sc3ncnc(N(CCO)CCO)c23)cc1. The van der Waals surface area contributed by atoms with Crippen LogP contribution in [0.25, 0.3) is 21.3 Å². The highest BCUT2D eigenvalue weighted by molar-refractivity contribution is 7.19. The lowest BCUT2D eigenvalue weighted by molar-refractivity contribution is 0.281. The standard InChI is InChI=1S/C19H23N3O2S/c1-3-14-4-6-15(7-5-14)16-13(2)25-19-17(16)18(20-12-21-19)22(8-10-23)9-11-24/h4-7,12,23-24H,3,8-11H2,1-2H3. The zero-order valence-electron chi connectivity index (χ0n) is 14.6. The minimum Gasteiger partial charge on any atom is -0.395 e. The first-order valence-corrected chi connectivity index (χ1v) is 9.31. The van der Waals surface area contributed by atoms with Crippen LogP contribution in [0.3, 0.4) is 0 Å². The zero-order chi connectivity index (χ0) is 17.8. The molecule has 0 unspecified atom stereocenters. The summed E-state index contributed by atoms with van der Waals surface area (Å²) in [6.07, 6.45) is 2.57. The lowest BCUT2D eigenvalue weighted by Gasteiger charge is -2.22. The maximum Gasteiger partial charge on any atom is 0.141 e. The van der Waals surface area contributed by atoms with E-state index in [1.54, 1.807) is 17.7 Å². The molecule has 2 heterocycles. The maximum atomic E-state index is 9.38. The first-order chi connectivity index (χ1) is 12.2. The summed E-state index contributed by atoms with van der Waals surface area (Å²) < 4.78 is 0. The van der Waals surface area contributed by atoms with Crippen LogP contribution in [0.15, 0.2) is 30.6 Å². The topological polar surface area (TPSA) is 69.5 Å². The molecule has 0 radical (unpaired) electrons. The summed E-state index contributed by atoms with van der Waals surface area (Å²) >= 11 is 1.65. The number of aromatic nitrogens is 2. The van der Waals surface area contributed by atoms with Gasteiger partial charge in [-0.1, -0.05) is 31.2 Å². The molecule has 25 heavy (non-hydrogen) atoms. The molecule has 2 N–H and O–H groups in total. The Bertz CT molecular complexity index is 840. The molecule has 1 aromatic carbocycles. The number of fused-ring (bicyclic) bond motifs is 1. The Hall–Kier alpha value is -2.02. The number of hydrogen-bond donors (Lipinski definition) is 2. The lowest BCUT2D eigenvalue weighted by Crippen LogP contribution is -2.30. The average molecular weight is 357 g/mol. The van der Waals surface area contributed by atoms with Crippen molar-refractivity contribution in [2.75, 3.05) is 31.2 Å². The van der Waals surface area contributed by atoms with Gasteiger partial charge < -0.3 is 15.1 Å². The Morgan fingerprint density at radius 3 is 2.32 bits per heavy atom. The molecule has 0 saturated carbocycles. The van der Waals surface area contributed by atoms with Crippen molar-refractivity contribution in [3.63, 3.8) is 0 Å². The maximum absolute atomic E-state index is 9.38. The molecule has 132 valence electrons. The van der Waals surface area contributed by atoms with Gasteiger partial charge in [-0.15, -0.1) is 11.3 Å². The molecule has 2 aromatic heterocycles. The van der Waals surface area contributed by atoms with E-state index in [9.17, 15) is 10.2 Å². The first-order valence-electron chi connectivity index (χ1n) is 8.49. The summed E-state index contributed by atoms with van der Waals surface area (Å²) in [6.45, 7) is 5.12. The number of rotatable bonds is 7. The van der Waals surface area contributed by atoms with Crippen LogP contribution in [0.1, 0.15) is 17.4 Å². The van der Waals surface area contributed by atoms with Gasteiger partial charge in [-0.25, -0.2) is 9.97 Å². The third kappa shape index (κ3) is 3.51. The summed E-state index contributed by atoms with van der Waals surface area (Å²) in [5.41, 5.74) is 3.59. The van der Waals surface area contributed by atoms with E-state index < -0.39 is 0 Å². The Morgan fingerprint density at radius 2 is 1.72 bits per heavy atom. The Labute approximate surface area is 151 Å². The molecule has 0 bridgehead atoms. The second-order valence-corrected chi connectivity index (χ2v) is 7.10. The van der Waals surface area contributed by atoms with Crippen LogP contribution in [-0.2, 0) is 6.42 Å². The molecule has 5 nitrogen and oxygen atoms in total. The number of anilines is 1. The highest BCUT2D eigenvalue weighted by Crippen LogP contribution is 2.41. The molecule has 3 aromatic rings. The van der Waals surface area contributed by atoms with E-state index in [-0.39, 0.29) is 13.2 Å². The zero-order valence-corrected chi connectivity index (χ0v) is 15.4. The van der Waals surface area contributed by atoms with Crippen LogP contribution >= 0.6 is 11.3 Å². The van der Waals surface area contributed by atoms with E-state index in [1.807, 2.05) is 4.90 Å².